The van der Waals surface area contributed by atoms with Crippen molar-refractivity contribution in [1.29, 1.82) is 0 Å². The molecule has 0 atom stereocenters. The standard InChI is InChI=1S/C12H10BrN3O2S/c13-9-1-4-12(15-6-9)19-7-8-5-10(16(17)18)2-3-11(8)14/h1-6H,7,14H2. The zero-order valence-corrected chi connectivity index (χ0v) is 12.1. The van der Waals surface area contributed by atoms with Crippen LogP contribution in [0, 0.1) is 10.1 Å². The van der Waals surface area contributed by atoms with Crippen molar-refractivity contribution >= 4 is 39.1 Å². The molecule has 0 aliphatic heterocycles. The Hall–Kier alpha value is -1.60. The molecule has 0 aliphatic rings. The Labute approximate surface area is 122 Å². The molecule has 98 valence electrons. The molecular weight excluding hydrogens is 330 g/mol. The fourth-order valence-electron chi connectivity index (χ4n) is 1.43. The first kappa shape index (κ1) is 13.8. The molecule has 19 heavy (non-hydrogen) atoms. The summed E-state index contributed by atoms with van der Waals surface area (Å²) in [5.74, 6) is 0.544. The van der Waals surface area contributed by atoms with Gasteiger partial charge in [0.05, 0.1) is 9.95 Å². The number of pyridine rings is 1. The lowest BCUT2D eigenvalue weighted by Gasteiger charge is -2.05. The number of rotatable bonds is 4. The minimum absolute atomic E-state index is 0.0496. The average Bonchev–Trinajstić information content (AvgIpc) is 2.39. The second-order valence-corrected chi connectivity index (χ2v) is 5.65. The molecule has 0 radical (unpaired) electrons. The maximum absolute atomic E-state index is 10.7. The number of non-ortho nitro benzene ring substituents is 1. The second-order valence-electron chi connectivity index (χ2n) is 3.74. The predicted molar refractivity (Wildman–Crippen MR) is 79.0 cm³/mol. The van der Waals surface area contributed by atoms with Crippen LogP contribution in [0.2, 0.25) is 0 Å². The van der Waals surface area contributed by atoms with E-state index in [9.17, 15) is 10.1 Å². The lowest BCUT2D eigenvalue weighted by molar-refractivity contribution is -0.384. The van der Waals surface area contributed by atoms with E-state index in [4.69, 9.17) is 5.73 Å². The van der Waals surface area contributed by atoms with Crippen molar-refractivity contribution in [2.24, 2.45) is 0 Å². The summed E-state index contributed by atoms with van der Waals surface area (Å²) in [5, 5.41) is 11.6. The Bertz CT molecular complexity index is 604. The average molecular weight is 340 g/mol. The van der Waals surface area contributed by atoms with E-state index in [0.29, 0.717) is 11.4 Å². The van der Waals surface area contributed by atoms with Gasteiger partial charge in [0.25, 0.3) is 5.69 Å². The van der Waals surface area contributed by atoms with Gasteiger partial charge in [-0.25, -0.2) is 4.98 Å². The number of thioether (sulfide) groups is 1. The Morgan fingerprint density at radius 1 is 1.37 bits per heavy atom. The maximum atomic E-state index is 10.7. The first-order valence-corrected chi connectivity index (χ1v) is 7.11. The van der Waals surface area contributed by atoms with Crippen LogP contribution in [0.1, 0.15) is 5.56 Å². The van der Waals surface area contributed by atoms with Crippen LogP contribution in [0.5, 0.6) is 0 Å². The molecule has 0 saturated carbocycles. The zero-order valence-electron chi connectivity index (χ0n) is 9.75. The lowest BCUT2D eigenvalue weighted by Crippen LogP contribution is -1.96. The van der Waals surface area contributed by atoms with Crippen LogP contribution in [0.3, 0.4) is 0 Å². The smallest absolute Gasteiger partial charge is 0.269 e. The topological polar surface area (TPSA) is 82.0 Å². The fourth-order valence-corrected chi connectivity index (χ4v) is 2.51. The van der Waals surface area contributed by atoms with Crippen molar-refractivity contribution in [3.63, 3.8) is 0 Å². The summed E-state index contributed by atoms with van der Waals surface area (Å²) in [4.78, 5) is 14.5. The second kappa shape index (κ2) is 6.03. The number of nitro groups is 1. The van der Waals surface area contributed by atoms with Crippen LogP contribution in [-0.4, -0.2) is 9.91 Å². The fraction of sp³-hybridized carbons (Fsp3) is 0.0833. The van der Waals surface area contributed by atoms with Crippen molar-refractivity contribution in [3.05, 3.63) is 56.7 Å². The molecular formula is C12H10BrN3O2S. The number of halogens is 1. The number of nitrogens with two attached hydrogens (primary N) is 1. The van der Waals surface area contributed by atoms with E-state index >= 15 is 0 Å². The largest absolute Gasteiger partial charge is 0.398 e. The molecule has 5 nitrogen and oxygen atoms in total. The van der Waals surface area contributed by atoms with Crippen LogP contribution in [0.25, 0.3) is 0 Å². The number of nitro benzene ring substituents is 1. The molecule has 2 N–H and O–H groups in total. The van der Waals surface area contributed by atoms with Crippen molar-refractivity contribution < 1.29 is 4.92 Å². The number of nitrogen functional groups attached to an aromatic ring is 1. The van der Waals surface area contributed by atoms with Crippen LogP contribution in [0.4, 0.5) is 11.4 Å². The molecule has 2 rings (SSSR count). The van der Waals surface area contributed by atoms with Crippen LogP contribution in [0.15, 0.2) is 46.0 Å². The van der Waals surface area contributed by atoms with E-state index in [1.807, 2.05) is 12.1 Å². The van der Waals surface area contributed by atoms with E-state index in [-0.39, 0.29) is 5.69 Å². The van der Waals surface area contributed by atoms with Gasteiger partial charge in [-0.15, -0.1) is 11.8 Å². The Morgan fingerprint density at radius 3 is 2.79 bits per heavy atom. The van der Waals surface area contributed by atoms with E-state index in [1.54, 1.807) is 12.3 Å². The summed E-state index contributed by atoms with van der Waals surface area (Å²) < 4.78 is 0.909. The highest BCUT2D eigenvalue weighted by atomic mass is 79.9. The highest BCUT2D eigenvalue weighted by Gasteiger charge is 2.09. The van der Waals surface area contributed by atoms with E-state index < -0.39 is 4.92 Å². The van der Waals surface area contributed by atoms with Gasteiger partial charge in [0.15, 0.2) is 0 Å². The number of benzene rings is 1. The van der Waals surface area contributed by atoms with Crippen molar-refractivity contribution in [1.82, 2.24) is 4.98 Å². The first-order chi connectivity index (χ1) is 9.06. The molecule has 0 unspecified atom stereocenters. The van der Waals surface area contributed by atoms with Crippen molar-refractivity contribution in [2.45, 2.75) is 10.8 Å². The molecule has 0 aliphatic carbocycles. The summed E-state index contributed by atoms with van der Waals surface area (Å²) in [6.07, 6.45) is 1.71. The van der Waals surface area contributed by atoms with Crippen LogP contribution >= 0.6 is 27.7 Å². The highest BCUT2D eigenvalue weighted by Crippen LogP contribution is 2.27. The third-order valence-corrected chi connectivity index (χ3v) is 3.87. The van der Waals surface area contributed by atoms with Gasteiger partial charge in [0.1, 0.15) is 0 Å². The number of hydrogen-bond donors (Lipinski definition) is 1. The van der Waals surface area contributed by atoms with Gasteiger partial charge >= 0.3 is 0 Å². The maximum Gasteiger partial charge on any atom is 0.269 e. The predicted octanol–water partition coefficient (Wildman–Crippen LogP) is 3.63. The SMILES string of the molecule is Nc1ccc([N+](=O)[O-])cc1CSc1ccc(Br)cn1. The van der Waals surface area contributed by atoms with Gasteiger partial charge in [-0.05, 0) is 39.7 Å². The number of nitrogens with zero attached hydrogens (tertiary/aromatic N) is 2. The normalized spacial score (nSPS) is 10.4. The first-order valence-electron chi connectivity index (χ1n) is 5.33. The molecule has 0 amide bonds. The van der Waals surface area contributed by atoms with Crippen molar-refractivity contribution in [2.75, 3.05) is 5.73 Å². The van der Waals surface area contributed by atoms with Crippen molar-refractivity contribution in [3.8, 4) is 0 Å². The van der Waals surface area contributed by atoms with Crippen LogP contribution in [-0.2, 0) is 5.75 Å². The molecule has 7 heteroatoms. The molecule has 1 aromatic carbocycles. The third kappa shape index (κ3) is 3.68. The molecule has 0 bridgehead atoms. The van der Waals surface area contributed by atoms with E-state index in [1.165, 1.54) is 23.9 Å². The molecule has 0 fully saturated rings. The Kier molecular flexibility index (Phi) is 4.39. The summed E-state index contributed by atoms with van der Waals surface area (Å²) in [7, 11) is 0. The molecule has 1 aromatic heterocycles. The number of anilines is 1. The lowest BCUT2D eigenvalue weighted by atomic mass is 10.2. The minimum Gasteiger partial charge on any atom is -0.398 e. The van der Waals surface area contributed by atoms with Gasteiger partial charge in [-0.3, -0.25) is 10.1 Å². The molecule has 0 spiro atoms. The highest BCUT2D eigenvalue weighted by molar-refractivity contribution is 9.10. The monoisotopic (exact) mass is 339 g/mol. The quantitative estimate of drug-likeness (QED) is 0.398. The Balaban J connectivity index is 2.12. The molecule has 0 saturated heterocycles. The van der Waals surface area contributed by atoms with Gasteiger partial charge in [0.2, 0.25) is 0 Å². The molecule has 1 heterocycles. The van der Waals surface area contributed by atoms with E-state index in [2.05, 4.69) is 20.9 Å². The number of aromatic nitrogens is 1. The molecule has 2 aromatic rings. The number of hydrogen-bond acceptors (Lipinski definition) is 5. The summed E-state index contributed by atoms with van der Waals surface area (Å²) in [6, 6.07) is 8.24. The third-order valence-electron chi connectivity index (χ3n) is 2.41. The van der Waals surface area contributed by atoms with E-state index in [0.717, 1.165) is 15.1 Å². The van der Waals surface area contributed by atoms with Gasteiger partial charge in [-0.2, -0.15) is 0 Å². The van der Waals surface area contributed by atoms with Crippen LogP contribution < -0.4 is 5.73 Å². The zero-order chi connectivity index (χ0) is 13.8. The van der Waals surface area contributed by atoms with Gasteiger partial charge in [0, 0.05) is 34.2 Å². The summed E-state index contributed by atoms with van der Waals surface area (Å²) in [6.45, 7) is 0. The Morgan fingerprint density at radius 2 is 2.16 bits per heavy atom. The summed E-state index contributed by atoms with van der Waals surface area (Å²) in [5.41, 5.74) is 7.15. The van der Waals surface area contributed by atoms with Gasteiger partial charge in [-0.1, -0.05) is 0 Å². The van der Waals surface area contributed by atoms with Gasteiger partial charge < -0.3 is 5.73 Å². The summed E-state index contributed by atoms with van der Waals surface area (Å²) >= 11 is 4.79. The minimum atomic E-state index is -0.425.